The van der Waals surface area contributed by atoms with Crippen molar-refractivity contribution in [1.29, 1.82) is 0 Å². The molecule has 0 atom stereocenters. The quantitative estimate of drug-likeness (QED) is 0.890. The Morgan fingerprint density at radius 1 is 1.25 bits per heavy atom. The Labute approximate surface area is 147 Å². The molecule has 0 unspecified atom stereocenters. The Bertz CT molecular complexity index is 722. The van der Waals surface area contributed by atoms with Gasteiger partial charge in [0.1, 0.15) is 5.69 Å². The summed E-state index contributed by atoms with van der Waals surface area (Å²) in [5, 5.41) is 3.54. The molecule has 1 aromatic heterocycles. The van der Waals surface area contributed by atoms with E-state index in [1.165, 1.54) is 12.8 Å². The molecular formula is C19H22ClN3O. The largest absolute Gasteiger partial charge is 0.370 e. The zero-order valence-electron chi connectivity index (χ0n) is 14.1. The molecule has 3 rings (SSSR count). The molecule has 1 amide bonds. The summed E-state index contributed by atoms with van der Waals surface area (Å²) in [5.74, 6) is 0.584. The number of nitrogens with zero attached hydrogens (tertiary/aromatic N) is 2. The number of piperidine rings is 1. The van der Waals surface area contributed by atoms with Crippen LogP contribution in [0.15, 0.2) is 36.5 Å². The number of nitrogens with one attached hydrogen (secondary N) is 1. The van der Waals surface area contributed by atoms with Crippen LogP contribution in [0.25, 0.3) is 0 Å². The van der Waals surface area contributed by atoms with Gasteiger partial charge in [-0.1, -0.05) is 18.5 Å². The number of amides is 1. The Morgan fingerprint density at radius 3 is 2.62 bits per heavy atom. The molecule has 1 saturated heterocycles. The third kappa shape index (κ3) is 3.88. The number of carbonyl (C=O) groups is 1. The molecule has 4 nitrogen and oxygen atoms in total. The number of benzene rings is 1. The van der Waals surface area contributed by atoms with Crippen LogP contribution >= 0.6 is 11.6 Å². The number of rotatable bonds is 3. The molecule has 0 aliphatic carbocycles. The summed E-state index contributed by atoms with van der Waals surface area (Å²) in [6, 6.07) is 9.16. The van der Waals surface area contributed by atoms with Gasteiger partial charge in [-0.15, -0.1) is 0 Å². The Balaban J connectivity index is 1.67. The maximum atomic E-state index is 12.4. The minimum atomic E-state index is -0.209. The lowest BCUT2D eigenvalue weighted by Crippen LogP contribution is -2.32. The monoisotopic (exact) mass is 343 g/mol. The van der Waals surface area contributed by atoms with Crippen molar-refractivity contribution in [2.75, 3.05) is 23.3 Å². The van der Waals surface area contributed by atoms with Crippen molar-refractivity contribution in [2.45, 2.75) is 26.7 Å². The number of carbonyl (C=O) groups excluding carboxylic acids is 1. The van der Waals surface area contributed by atoms with Gasteiger partial charge in [0.05, 0.1) is 11.9 Å². The Kier molecular flexibility index (Phi) is 5.05. The fourth-order valence-corrected chi connectivity index (χ4v) is 3.15. The van der Waals surface area contributed by atoms with Crippen molar-refractivity contribution in [3.05, 3.63) is 52.8 Å². The average Bonchev–Trinajstić information content (AvgIpc) is 2.58. The zero-order chi connectivity index (χ0) is 17.1. The first-order valence-electron chi connectivity index (χ1n) is 8.31. The van der Waals surface area contributed by atoms with Gasteiger partial charge < -0.3 is 10.2 Å². The van der Waals surface area contributed by atoms with Gasteiger partial charge in [0.2, 0.25) is 0 Å². The average molecular weight is 344 g/mol. The van der Waals surface area contributed by atoms with Gasteiger partial charge in [0.15, 0.2) is 0 Å². The van der Waals surface area contributed by atoms with Gasteiger partial charge in [-0.05, 0) is 61.6 Å². The van der Waals surface area contributed by atoms with Crippen LogP contribution in [0.3, 0.4) is 0 Å². The predicted molar refractivity (Wildman–Crippen MR) is 99.0 cm³/mol. The van der Waals surface area contributed by atoms with Crippen LogP contribution in [0.5, 0.6) is 0 Å². The Morgan fingerprint density at radius 2 is 2.00 bits per heavy atom. The highest BCUT2D eigenvalue weighted by atomic mass is 35.5. The number of hydrogen-bond acceptors (Lipinski definition) is 3. The van der Waals surface area contributed by atoms with E-state index in [9.17, 15) is 4.79 Å². The first-order valence-corrected chi connectivity index (χ1v) is 8.69. The van der Waals surface area contributed by atoms with E-state index in [4.69, 9.17) is 11.6 Å². The van der Waals surface area contributed by atoms with Crippen molar-refractivity contribution in [3.63, 3.8) is 0 Å². The SMILES string of the molecule is Cc1cc(Cl)ccc1NC(=O)c1ccc(N2CCC(C)CC2)cn1. The molecule has 0 bridgehead atoms. The van der Waals surface area contributed by atoms with Gasteiger partial charge in [0.25, 0.3) is 5.91 Å². The first kappa shape index (κ1) is 16.8. The number of hydrogen-bond donors (Lipinski definition) is 1. The van der Waals surface area contributed by atoms with E-state index < -0.39 is 0 Å². The first-order chi connectivity index (χ1) is 11.5. The van der Waals surface area contributed by atoms with E-state index in [1.807, 2.05) is 19.1 Å². The summed E-state index contributed by atoms with van der Waals surface area (Å²) < 4.78 is 0. The topological polar surface area (TPSA) is 45.2 Å². The minimum absolute atomic E-state index is 0.209. The molecule has 1 N–H and O–H groups in total. The van der Waals surface area contributed by atoms with Gasteiger partial charge in [-0.25, -0.2) is 4.98 Å². The molecule has 0 spiro atoms. The Hall–Kier alpha value is -2.07. The second-order valence-electron chi connectivity index (χ2n) is 6.48. The molecule has 1 aliphatic heterocycles. The maximum absolute atomic E-state index is 12.4. The lowest BCUT2D eigenvalue weighted by Gasteiger charge is -2.31. The zero-order valence-corrected chi connectivity index (χ0v) is 14.8. The van der Waals surface area contributed by atoms with Crippen LogP contribution in [0.4, 0.5) is 11.4 Å². The molecule has 0 saturated carbocycles. The lowest BCUT2D eigenvalue weighted by molar-refractivity contribution is 0.102. The summed E-state index contributed by atoms with van der Waals surface area (Å²) in [5.41, 5.74) is 3.18. The highest BCUT2D eigenvalue weighted by Gasteiger charge is 2.17. The standard InChI is InChI=1S/C19H22ClN3O/c1-13-7-9-23(10-8-13)16-4-6-18(21-12-16)19(24)22-17-5-3-15(20)11-14(17)2/h3-6,11-13H,7-10H2,1-2H3,(H,22,24). The van der Waals surface area contributed by atoms with Gasteiger partial charge in [-0.2, -0.15) is 0 Å². The third-order valence-electron chi connectivity index (χ3n) is 4.57. The van der Waals surface area contributed by atoms with Crippen molar-refractivity contribution in [2.24, 2.45) is 5.92 Å². The van der Waals surface area contributed by atoms with Crippen LogP contribution in [0.2, 0.25) is 5.02 Å². The summed E-state index contributed by atoms with van der Waals surface area (Å²) >= 11 is 5.94. The number of aryl methyl sites for hydroxylation is 1. The van der Waals surface area contributed by atoms with E-state index in [0.29, 0.717) is 10.7 Å². The fraction of sp³-hybridized carbons (Fsp3) is 0.368. The van der Waals surface area contributed by atoms with Crippen LogP contribution in [-0.4, -0.2) is 24.0 Å². The molecule has 2 heterocycles. The normalized spacial score (nSPS) is 15.4. The number of anilines is 2. The van der Waals surface area contributed by atoms with Crippen molar-refractivity contribution >= 4 is 28.9 Å². The maximum Gasteiger partial charge on any atom is 0.274 e. The van der Waals surface area contributed by atoms with Crippen LogP contribution in [-0.2, 0) is 0 Å². The second kappa shape index (κ2) is 7.22. The summed E-state index contributed by atoms with van der Waals surface area (Å²) in [4.78, 5) is 19.0. The highest BCUT2D eigenvalue weighted by molar-refractivity contribution is 6.30. The second-order valence-corrected chi connectivity index (χ2v) is 6.92. The number of halogens is 1. The van der Waals surface area contributed by atoms with E-state index >= 15 is 0 Å². The summed E-state index contributed by atoms with van der Waals surface area (Å²) in [6.45, 7) is 6.31. The molecule has 126 valence electrons. The third-order valence-corrected chi connectivity index (χ3v) is 4.80. The van der Waals surface area contributed by atoms with Gasteiger partial charge in [0, 0.05) is 23.8 Å². The van der Waals surface area contributed by atoms with E-state index in [1.54, 1.807) is 24.4 Å². The number of pyridine rings is 1. The van der Waals surface area contributed by atoms with Gasteiger partial charge in [-0.3, -0.25) is 4.79 Å². The van der Waals surface area contributed by atoms with Crippen molar-refractivity contribution < 1.29 is 4.79 Å². The van der Waals surface area contributed by atoms with E-state index in [2.05, 4.69) is 22.1 Å². The molecule has 2 aromatic rings. The highest BCUT2D eigenvalue weighted by Crippen LogP contribution is 2.23. The van der Waals surface area contributed by atoms with E-state index in [-0.39, 0.29) is 5.91 Å². The molecule has 1 aliphatic rings. The summed E-state index contributed by atoms with van der Waals surface area (Å²) in [6.07, 6.45) is 4.20. The molecule has 1 aromatic carbocycles. The van der Waals surface area contributed by atoms with Crippen LogP contribution in [0, 0.1) is 12.8 Å². The number of aromatic nitrogens is 1. The minimum Gasteiger partial charge on any atom is -0.370 e. The molecule has 1 fully saturated rings. The van der Waals surface area contributed by atoms with Crippen molar-refractivity contribution in [3.8, 4) is 0 Å². The van der Waals surface area contributed by atoms with Crippen LogP contribution in [0.1, 0.15) is 35.8 Å². The lowest BCUT2D eigenvalue weighted by atomic mass is 9.99. The molecule has 5 heteroatoms. The molecular weight excluding hydrogens is 322 g/mol. The van der Waals surface area contributed by atoms with E-state index in [0.717, 1.165) is 35.9 Å². The fourth-order valence-electron chi connectivity index (χ4n) is 2.93. The predicted octanol–water partition coefficient (Wildman–Crippen LogP) is 4.53. The van der Waals surface area contributed by atoms with Gasteiger partial charge >= 0.3 is 0 Å². The molecule has 24 heavy (non-hydrogen) atoms. The summed E-state index contributed by atoms with van der Waals surface area (Å²) in [7, 11) is 0. The van der Waals surface area contributed by atoms with Crippen LogP contribution < -0.4 is 10.2 Å². The smallest absolute Gasteiger partial charge is 0.274 e. The van der Waals surface area contributed by atoms with Crippen molar-refractivity contribution in [1.82, 2.24) is 4.98 Å². The molecule has 0 radical (unpaired) electrons.